The highest BCUT2D eigenvalue weighted by Crippen LogP contribution is 2.24. The molecule has 1 aromatic carbocycles. The Hall–Kier alpha value is -3.04. The summed E-state index contributed by atoms with van der Waals surface area (Å²) < 4.78 is 27.5. The quantitative estimate of drug-likeness (QED) is 0.466. The van der Waals surface area contributed by atoms with Gasteiger partial charge in [0.05, 0.1) is 22.4 Å². The number of aliphatic carboxylic acids is 1. The molecule has 0 aliphatic carbocycles. The molecule has 3 rings (SSSR count). The van der Waals surface area contributed by atoms with E-state index in [2.05, 4.69) is 21.5 Å². The summed E-state index contributed by atoms with van der Waals surface area (Å²) in [6.45, 7) is 7.23. The number of nitrogens with zero attached hydrogens (tertiary/aromatic N) is 3. The number of hydrogen-bond donors (Lipinski definition) is 2. The Kier molecular flexibility index (Phi) is 6.87. The smallest absolute Gasteiger partial charge is 0.322 e. The van der Waals surface area contributed by atoms with Crippen molar-refractivity contribution in [2.75, 3.05) is 6.54 Å². The summed E-state index contributed by atoms with van der Waals surface area (Å²) in [5.41, 5.74) is 3.31. The molecule has 0 fully saturated rings. The van der Waals surface area contributed by atoms with E-state index in [1.54, 1.807) is 24.7 Å². The Labute approximate surface area is 181 Å². The monoisotopic (exact) mass is 442 g/mol. The van der Waals surface area contributed by atoms with Crippen molar-refractivity contribution in [2.45, 2.75) is 37.6 Å². The van der Waals surface area contributed by atoms with Gasteiger partial charge in [-0.2, -0.15) is 4.31 Å². The van der Waals surface area contributed by atoms with Crippen molar-refractivity contribution in [3.8, 4) is 0 Å². The first-order chi connectivity index (χ1) is 14.7. The highest BCUT2D eigenvalue weighted by molar-refractivity contribution is 7.89. The molecule has 164 valence electrons. The number of nitrogens with one attached hydrogen (secondary N) is 1. The standard InChI is InChI=1S/C22H26N4O4S/c1-4-11-26(20(22(27)28)12-15(2)3)31(29,30)17-7-5-16(6-8-17)13-19-21-18(9-10-23-19)24-14-25-21/h4-10,14-15,20H,1,11-13H2,2-3H3,(H,24,25)(H,27,28)/t20-/m0/s1. The van der Waals surface area contributed by atoms with Gasteiger partial charge in [0.2, 0.25) is 10.0 Å². The SMILES string of the molecule is C=CCN([C@@H](CC(C)C)C(=O)O)S(=O)(=O)c1ccc(Cc2nccc3[nH]cnc23)cc1. The Morgan fingerprint density at radius 3 is 2.55 bits per heavy atom. The van der Waals surface area contributed by atoms with Crippen LogP contribution in [0.4, 0.5) is 0 Å². The molecule has 31 heavy (non-hydrogen) atoms. The fraction of sp³-hybridized carbons (Fsp3) is 0.318. The fourth-order valence-corrected chi connectivity index (χ4v) is 5.03. The Balaban J connectivity index is 1.88. The van der Waals surface area contributed by atoms with Gasteiger partial charge in [-0.1, -0.05) is 32.1 Å². The number of carboxylic acid groups (broad SMARTS) is 1. The normalized spacial score (nSPS) is 13.0. The largest absolute Gasteiger partial charge is 0.480 e. The first-order valence-electron chi connectivity index (χ1n) is 9.95. The molecule has 0 aliphatic heterocycles. The second kappa shape index (κ2) is 9.40. The highest BCUT2D eigenvalue weighted by Gasteiger charge is 2.35. The van der Waals surface area contributed by atoms with Crippen LogP contribution in [0.5, 0.6) is 0 Å². The van der Waals surface area contributed by atoms with Crippen molar-refractivity contribution in [3.05, 3.63) is 66.8 Å². The van der Waals surface area contributed by atoms with Crippen LogP contribution in [0.15, 0.2) is 60.4 Å². The molecular formula is C22H26N4O4S. The van der Waals surface area contributed by atoms with E-state index in [9.17, 15) is 18.3 Å². The maximum atomic E-state index is 13.2. The molecule has 9 heteroatoms. The molecule has 2 aromatic heterocycles. The molecule has 0 bridgehead atoms. The second-order valence-electron chi connectivity index (χ2n) is 7.72. The Morgan fingerprint density at radius 2 is 1.94 bits per heavy atom. The van der Waals surface area contributed by atoms with Crippen molar-refractivity contribution in [1.29, 1.82) is 0 Å². The minimum atomic E-state index is -4.02. The number of rotatable bonds is 10. The van der Waals surface area contributed by atoms with E-state index < -0.39 is 22.0 Å². The van der Waals surface area contributed by atoms with E-state index in [0.29, 0.717) is 6.42 Å². The number of carboxylic acids is 1. The lowest BCUT2D eigenvalue weighted by Gasteiger charge is -2.28. The zero-order valence-corrected chi connectivity index (χ0v) is 18.3. The zero-order chi connectivity index (χ0) is 22.6. The number of H-pyrrole nitrogens is 1. The fourth-order valence-electron chi connectivity index (χ4n) is 3.47. The average molecular weight is 443 g/mol. The van der Waals surface area contributed by atoms with Crippen LogP contribution in [-0.2, 0) is 21.2 Å². The minimum absolute atomic E-state index is 0.0169. The topological polar surface area (TPSA) is 116 Å². The van der Waals surface area contributed by atoms with Crippen LogP contribution in [0, 0.1) is 5.92 Å². The molecule has 0 amide bonds. The van der Waals surface area contributed by atoms with Gasteiger partial charge in [-0.3, -0.25) is 9.78 Å². The molecule has 0 unspecified atom stereocenters. The van der Waals surface area contributed by atoms with Crippen molar-refractivity contribution in [3.63, 3.8) is 0 Å². The van der Waals surface area contributed by atoms with Crippen molar-refractivity contribution in [2.24, 2.45) is 5.92 Å². The second-order valence-corrected chi connectivity index (χ2v) is 9.61. The maximum absolute atomic E-state index is 13.2. The molecule has 2 heterocycles. The van der Waals surface area contributed by atoms with Crippen molar-refractivity contribution >= 4 is 27.0 Å². The summed E-state index contributed by atoms with van der Waals surface area (Å²) in [5.74, 6) is -1.16. The maximum Gasteiger partial charge on any atom is 0.322 e. The first kappa shape index (κ1) is 22.6. The zero-order valence-electron chi connectivity index (χ0n) is 17.5. The van der Waals surface area contributed by atoms with Gasteiger partial charge in [0.25, 0.3) is 0 Å². The number of aromatic amines is 1. The Morgan fingerprint density at radius 1 is 1.23 bits per heavy atom. The highest BCUT2D eigenvalue weighted by atomic mass is 32.2. The lowest BCUT2D eigenvalue weighted by Crippen LogP contribution is -2.45. The van der Waals surface area contributed by atoms with E-state index in [4.69, 9.17) is 0 Å². The predicted octanol–water partition coefficient (Wildman–Crippen LogP) is 3.22. The summed E-state index contributed by atoms with van der Waals surface area (Å²) in [4.78, 5) is 23.6. The predicted molar refractivity (Wildman–Crippen MR) is 118 cm³/mol. The first-order valence-corrected chi connectivity index (χ1v) is 11.4. The molecule has 0 spiro atoms. The number of imidazole rings is 1. The van der Waals surface area contributed by atoms with E-state index in [1.807, 2.05) is 19.9 Å². The lowest BCUT2D eigenvalue weighted by molar-refractivity contribution is -0.141. The molecule has 1 atom stereocenters. The van der Waals surface area contributed by atoms with E-state index in [1.165, 1.54) is 18.2 Å². The van der Waals surface area contributed by atoms with Crippen molar-refractivity contribution in [1.82, 2.24) is 19.3 Å². The molecule has 2 N–H and O–H groups in total. The molecule has 0 saturated heterocycles. The van der Waals surface area contributed by atoms with Gasteiger partial charge in [0.1, 0.15) is 11.6 Å². The third kappa shape index (κ3) is 5.00. The van der Waals surface area contributed by atoms with Gasteiger partial charge in [-0.05, 0) is 36.1 Å². The van der Waals surface area contributed by atoms with Gasteiger partial charge in [-0.15, -0.1) is 6.58 Å². The van der Waals surface area contributed by atoms with E-state index >= 15 is 0 Å². The van der Waals surface area contributed by atoms with Gasteiger partial charge in [0, 0.05) is 19.2 Å². The summed E-state index contributed by atoms with van der Waals surface area (Å²) >= 11 is 0. The number of sulfonamides is 1. The van der Waals surface area contributed by atoms with Gasteiger partial charge in [-0.25, -0.2) is 13.4 Å². The van der Waals surface area contributed by atoms with E-state index in [0.717, 1.165) is 26.6 Å². The van der Waals surface area contributed by atoms with Crippen LogP contribution in [0.25, 0.3) is 11.0 Å². The van der Waals surface area contributed by atoms with Crippen LogP contribution in [0.3, 0.4) is 0 Å². The summed E-state index contributed by atoms with van der Waals surface area (Å²) in [6.07, 6.45) is 5.40. The third-order valence-electron chi connectivity index (χ3n) is 4.95. The number of hydrogen-bond acceptors (Lipinski definition) is 5. The molecular weight excluding hydrogens is 416 g/mol. The van der Waals surface area contributed by atoms with Crippen LogP contribution in [-0.4, -0.2) is 51.3 Å². The number of benzene rings is 1. The number of aromatic nitrogens is 3. The molecule has 0 radical (unpaired) electrons. The van der Waals surface area contributed by atoms with Gasteiger partial charge < -0.3 is 10.1 Å². The van der Waals surface area contributed by atoms with Gasteiger partial charge in [0.15, 0.2) is 0 Å². The molecule has 3 aromatic rings. The van der Waals surface area contributed by atoms with Crippen LogP contribution >= 0.6 is 0 Å². The number of pyridine rings is 1. The van der Waals surface area contributed by atoms with Crippen LogP contribution in [0.1, 0.15) is 31.5 Å². The minimum Gasteiger partial charge on any atom is -0.480 e. The number of carbonyl (C=O) groups is 1. The van der Waals surface area contributed by atoms with Gasteiger partial charge >= 0.3 is 5.97 Å². The molecule has 0 aliphatic rings. The van der Waals surface area contributed by atoms with Crippen LogP contribution in [0.2, 0.25) is 0 Å². The summed E-state index contributed by atoms with van der Waals surface area (Å²) in [5, 5.41) is 9.65. The van der Waals surface area contributed by atoms with E-state index in [-0.39, 0.29) is 23.8 Å². The van der Waals surface area contributed by atoms with Crippen molar-refractivity contribution < 1.29 is 18.3 Å². The average Bonchev–Trinajstić information content (AvgIpc) is 3.20. The lowest BCUT2D eigenvalue weighted by atomic mass is 10.0. The Bertz CT molecular complexity index is 1170. The molecule has 8 nitrogen and oxygen atoms in total. The summed E-state index contributed by atoms with van der Waals surface area (Å²) in [7, 11) is -4.02. The number of fused-ring (bicyclic) bond motifs is 1. The summed E-state index contributed by atoms with van der Waals surface area (Å²) in [6, 6.07) is 7.10. The molecule has 0 saturated carbocycles. The third-order valence-corrected chi connectivity index (χ3v) is 6.84. The van der Waals surface area contributed by atoms with Crippen LogP contribution < -0.4 is 0 Å².